The van der Waals surface area contributed by atoms with Gasteiger partial charge in [0.15, 0.2) is 0 Å². The number of Topliss-reactive ketones (excluding diaryl/α,β-unsaturated/α-hetero) is 1. The summed E-state index contributed by atoms with van der Waals surface area (Å²) in [6.45, 7) is 4.34. The Balaban J connectivity index is 1.76. The van der Waals surface area contributed by atoms with Crippen molar-refractivity contribution in [2.75, 3.05) is 0 Å². The molecule has 1 N–H and O–H groups in total. The zero-order chi connectivity index (χ0) is 15.1. The Morgan fingerprint density at radius 1 is 1.43 bits per heavy atom. The maximum Gasteiger partial charge on any atom is 0.137 e. The quantitative estimate of drug-likeness (QED) is 0.770. The van der Waals surface area contributed by atoms with Crippen molar-refractivity contribution >= 4 is 5.78 Å². The van der Waals surface area contributed by atoms with E-state index in [-0.39, 0.29) is 22.9 Å². The zero-order valence-corrected chi connectivity index (χ0v) is 13.4. The van der Waals surface area contributed by atoms with Gasteiger partial charge in [0, 0.05) is 17.8 Å². The van der Waals surface area contributed by atoms with Crippen molar-refractivity contribution in [2.45, 2.75) is 71.3 Å². The molecule has 3 aliphatic rings. The van der Waals surface area contributed by atoms with Crippen molar-refractivity contribution in [3.63, 3.8) is 0 Å². The molecule has 116 valence electrons. The molecule has 21 heavy (non-hydrogen) atoms. The van der Waals surface area contributed by atoms with Gasteiger partial charge in [-0.1, -0.05) is 37.6 Å². The van der Waals surface area contributed by atoms with Crippen molar-refractivity contribution < 1.29 is 9.90 Å². The number of hydrogen-bond acceptors (Lipinski definition) is 2. The van der Waals surface area contributed by atoms with E-state index in [1.165, 1.54) is 24.8 Å². The van der Waals surface area contributed by atoms with E-state index in [1.54, 1.807) is 0 Å². The lowest BCUT2D eigenvalue weighted by Gasteiger charge is -2.40. The number of hydrogen-bond donors (Lipinski definition) is 1. The van der Waals surface area contributed by atoms with E-state index in [2.05, 4.69) is 25.2 Å². The zero-order valence-electron chi connectivity index (χ0n) is 13.4. The summed E-state index contributed by atoms with van der Waals surface area (Å²) in [5.41, 5.74) is 1.86. The van der Waals surface area contributed by atoms with E-state index < -0.39 is 0 Å². The van der Waals surface area contributed by atoms with Crippen LogP contribution in [0.1, 0.15) is 65.2 Å². The lowest BCUT2D eigenvalue weighted by atomic mass is 9.63. The molecule has 1 unspecified atom stereocenters. The van der Waals surface area contributed by atoms with E-state index in [9.17, 15) is 9.90 Å². The smallest absolute Gasteiger partial charge is 0.137 e. The van der Waals surface area contributed by atoms with Crippen LogP contribution in [0.5, 0.6) is 0 Å². The van der Waals surface area contributed by atoms with E-state index in [1.807, 2.05) is 6.92 Å². The number of aliphatic hydroxyl groups excluding tert-OH is 1. The van der Waals surface area contributed by atoms with Crippen molar-refractivity contribution in [1.29, 1.82) is 0 Å². The predicted octanol–water partition coefficient (Wildman–Crippen LogP) is 4.19. The summed E-state index contributed by atoms with van der Waals surface area (Å²) in [6.07, 6.45) is 14.6. The number of aliphatic hydroxyl groups is 1. The number of ketones is 1. The fourth-order valence-corrected chi connectivity index (χ4v) is 4.57. The summed E-state index contributed by atoms with van der Waals surface area (Å²) < 4.78 is 0. The van der Waals surface area contributed by atoms with Gasteiger partial charge < -0.3 is 5.11 Å². The topological polar surface area (TPSA) is 37.3 Å². The lowest BCUT2D eigenvalue weighted by Crippen LogP contribution is -2.37. The second kappa shape index (κ2) is 5.39. The molecule has 0 bridgehead atoms. The average molecular weight is 288 g/mol. The summed E-state index contributed by atoms with van der Waals surface area (Å²) >= 11 is 0. The van der Waals surface area contributed by atoms with Crippen LogP contribution in [-0.4, -0.2) is 17.0 Å². The first-order chi connectivity index (χ1) is 10.0. The van der Waals surface area contributed by atoms with Crippen molar-refractivity contribution in [3.8, 4) is 0 Å². The summed E-state index contributed by atoms with van der Waals surface area (Å²) in [5, 5.41) is 9.70. The van der Waals surface area contributed by atoms with Crippen molar-refractivity contribution in [3.05, 3.63) is 23.8 Å². The molecular formula is C19H28O2. The summed E-state index contributed by atoms with van der Waals surface area (Å²) in [7, 11) is 0. The minimum Gasteiger partial charge on any atom is -0.393 e. The highest BCUT2D eigenvalue weighted by Crippen LogP contribution is 2.65. The number of carbonyl (C=O) groups is 1. The van der Waals surface area contributed by atoms with Crippen LogP contribution in [0.4, 0.5) is 0 Å². The van der Waals surface area contributed by atoms with Gasteiger partial charge in [0.05, 0.1) is 6.10 Å². The largest absolute Gasteiger partial charge is 0.393 e. The number of fused-ring (bicyclic) bond motifs is 1. The molecule has 2 heteroatoms. The van der Waals surface area contributed by atoms with Gasteiger partial charge in [0.25, 0.3) is 0 Å². The fourth-order valence-electron chi connectivity index (χ4n) is 4.57. The highest BCUT2D eigenvalue weighted by Gasteiger charge is 2.56. The van der Waals surface area contributed by atoms with Gasteiger partial charge in [-0.05, 0) is 50.4 Å². The third-order valence-corrected chi connectivity index (χ3v) is 6.09. The minimum absolute atomic E-state index is 0.111. The third-order valence-electron chi connectivity index (χ3n) is 6.09. The number of rotatable bonds is 5. The van der Waals surface area contributed by atoms with Gasteiger partial charge in [0.1, 0.15) is 5.78 Å². The van der Waals surface area contributed by atoms with Crippen LogP contribution in [0.3, 0.4) is 0 Å². The van der Waals surface area contributed by atoms with Crippen LogP contribution < -0.4 is 0 Å². The molecule has 3 atom stereocenters. The molecule has 0 aromatic heterocycles. The predicted molar refractivity (Wildman–Crippen MR) is 84.9 cm³/mol. The standard InChI is InChI=1S/C19H28O2/c1-3-14(20)6-4-11-19(12-13-19)17-9-8-15-16(21)7-5-10-18(15,17)2/h4,9,11,14-15,20H,3,5-8,10,12-13H2,1-2H3/t14?,15-,18+/m0/s1. The fraction of sp³-hybridized carbons (Fsp3) is 0.737. The van der Waals surface area contributed by atoms with E-state index in [4.69, 9.17) is 0 Å². The van der Waals surface area contributed by atoms with Crippen LogP contribution in [0.25, 0.3) is 0 Å². The molecule has 0 radical (unpaired) electrons. The van der Waals surface area contributed by atoms with E-state index >= 15 is 0 Å². The normalized spacial score (nSPS) is 35.7. The highest BCUT2D eigenvalue weighted by atomic mass is 16.3. The SMILES string of the molecule is CCC(O)CC=CC1(C2=CC[C@H]3C(=O)CCC[C@@]23C)CC1. The Bertz CT molecular complexity index is 484. The van der Waals surface area contributed by atoms with Crippen LogP contribution >= 0.6 is 0 Å². The van der Waals surface area contributed by atoms with Crippen LogP contribution in [0.2, 0.25) is 0 Å². The van der Waals surface area contributed by atoms with E-state index in [0.29, 0.717) is 5.78 Å². The highest BCUT2D eigenvalue weighted by molar-refractivity contribution is 5.84. The number of carbonyl (C=O) groups excluding carboxylic acids is 1. The number of allylic oxidation sites excluding steroid dienone is 3. The van der Waals surface area contributed by atoms with Crippen LogP contribution in [0.15, 0.2) is 23.8 Å². The molecule has 0 aromatic carbocycles. The molecule has 3 rings (SSSR count). The molecule has 2 fully saturated rings. The van der Waals surface area contributed by atoms with Crippen LogP contribution in [0, 0.1) is 16.7 Å². The Morgan fingerprint density at radius 2 is 2.19 bits per heavy atom. The maximum atomic E-state index is 12.2. The molecule has 0 saturated heterocycles. The van der Waals surface area contributed by atoms with Gasteiger partial charge >= 0.3 is 0 Å². The molecular weight excluding hydrogens is 260 g/mol. The van der Waals surface area contributed by atoms with Gasteiger partial charge in [0.2, 0.25) is 0 Å². The first-order valence-electron chi connectivity index (χ1n) is 8.61. The molecule has 2 nitrogen and oxygen atoms in total. The second-order valence-corrected chi connectivity index (χ2v) is 7.50. The summed E-state index contributed by atoms with van der Waals surface area (Å²) in [5.74, 6) is 0.726. The monoisotopic (exact) mass is 288 g/mol. The molecule has 2 saturated carbocycles. The first-order valence-corrected chi connectivity index (χ1v) is 8.61. The summed E-state index contributed by atoms with van der Waals surface area (Å²) in [4.78, 5) is 12.2. The Morgan fingerprint density at radius 3 is 2.86 bits per heavy atom. The van der Waals surface area contributed by atoms with Gasteiger partial charge in [-0.25, -0.2) is 0 Å². The molecule has 0 aromatic rings. The summed E-state index contributed by atoms with van der Waals surface area (Å²) in [6, 6.07) is 0. The molecule has 0 heterocycles. The Labute approximate surface area is 128 Å². The molecule has 3 aliphatic carbocycles. The van der Waals surface area contributed by atoms with Gasteiger partial charge in [-0.2, -0.15) is 0 Å². The molecule has 0 amide bonds. The van der Waals surface area contributed by atoms with Crippen molar-refractivity contribution in [1.82, 2.24) is 0 Å². The van der Waals surface area contributed by atoms with Crippen LogP contribution in [-0.2, 0) is 4.79 Å². The lowest BCUT2D eigenvalue weighted by molar-refractivity contribution is -0.128. The first kappa shape index (κ1) is 15.0. The molecule has 0 aliphatic heterocycles. The van der Waals surface area contributed by atoms with Gasteiger partial charge in [-0.3, -0.25) is 4.79 Å². The minimum atomic E-state index is -0.214. The molecule has 0 spiro atoms. The Kier molecular flexibility index (Phi) is 3.85. The second-order valence-electron chi connectivity index (χ2n) is 7.50. The maximum absolute atomic E-state index is 12.2. The van der Waals surface area contributed by atoms with Gasteiger partial charge in [-0.15, -0.1) is 0 Å². The van der Waals surface area contributed by atoms with E-state index in [0.717, 1.165) is 32.1 Å². The average Bonchev–Trinajstić information content (AvgIpc) is 3.13. The van der Waals surface area contributed by atoms with Crippen molar-refractivity contribution in [2.24, 2.45) is 16.7 Å². The third kappa shape index (κ3) is 2.52. The Hall–Kier alpha value is -0.890.